The van der Waals surface area contributed by atoms with Crippen LogP contribution in [0.15, 0.2) is 18.2 Å². The molecule has 2 rings (SSSR count). The predicted octanol–water partition coefficient (Wildman–Crippen LogP) is 3.21. The van der Waals surface area contributed by atoms with Gasteiger partial charge < -0.3 is 20.1 Å². The van der Waals surface area contributed by atoms with Gasteiger partial charge in [0.1, 0.15) is 11.4 Å². The van der Waals surface area contributed by atoms with Gasteiger partial charge in [-0.3, -0.25) is 0 Å². The number of nitrogens with two attached hydrogens (primary N) is 1. The van der Waals surface area contributed by atoms with Gasteiger partial charge in [0, 0.05) is 19.0 Å². The van der Waals surface area contributed by atoms with Gasteiger partial charge in [-0.2, -0.15) is 0 Å². The Labute approximate surface area is 132 Å². The summed E-state index contributed by atoms with van der Waals surface area (Å²) in [6, 6.07) is 5.77. The van der Waals surface area contributed by atoms with Crippen LogP contribution in [0, 0.1) is 12.8 Å². The van der Waals surface area contributed by atoms with Gasteiger partial charge >= 0.3 is 6.09 Å². The van der Waals surface area contributed by atoms with E-state index in [0.29, 0.717) is 31.3 Å². The van der Waals surface area contributed by atoms with Crippen LogP contribution < -0.4 is 10.5 Å². The molecule has 1 fully saturated rings. The molecule has 1 aromatic rings. The molecule has 5 nitrogen and oxygen atoms in total. The summed E-state index contributed by atoms with van der Waals surface area (Å²) < 4.78 is 11.2. The molecule has 22 heavy (non-hydrogen) atoms. The fraction of sp³-hybridized carbons (Fsp3) is 0.588. The minimum Gasteiger partial charge on any atom is -0.491 e. The summed E-state index contributed by atoms with van der Waals surface area (Å²) >= 11 is 0. The summed E-state index contributed by atoms with van der Waals surface area (Å²) in [5, 5.41) is 0. The van der Waals surface area contributed by atoms with Crippen molar-refractivity contribution in [2.75, 3.05) is 25.4 Å². The van der Waals surface area contributed by atoms with Crippen molar-refractivity contribution < 1.29 is 14.3 Å². The van der Waals surface area contributed by atoms with E-state index in [4.69, 9.17) is 15.2 Å². The van der Waals surface area contributed by atoms with Crippen LogP contribution in [0.25, 0.3) is 0 Å². The number of rotatable bonds is 3. The molecule has 0 bridgehead atoms. The Morgan fingerprint density at radius 1 is 1.41 bits per heavy atom. The highest BCUT2D eigenvalue weighted by molar-refractivity contribution is 5.68. The molecule has 0 spiro atoms. The first-order chi connectivity index (χ1) is 10.3. The van der Waals surface area contributed by atoms with Crippen LogP contribution in [0.1, 0.15) is 32.8 Å². The number of nitrogen functional groups attached to an aromatic ring is 1. The van der Waals surface area contributed by atoms with E-state index in [2.05, 4.69) is 0 Å². The molecular weight excluding hydrogens is 280 g/mol. The Hall–Kier alpha value is -1.91. The largest absolute Gasteiger partial charge is 0.491 e. The van der Waals surface area contributed by atoms with E-state index in [9.17, 15) is 4.79 Å². The number of nitrogens with zero attached hydrogens (tertiary/aromatic N) is 1. The fourth-order valence-electron chi connectivity index (χ4n) is 2.45. The van der Waals surface area contributed by atoms with Gasteiger partial charge in [0.05, 0.1) is 12.3 Å². The number of hydrogen-bond donors (Lipinski definition) is 1. The lowest BCUT2D eigenvalue weighted by Crippen LogP contribution is -2.35. The maximum Gasteiger partial charge on any atom is 0.410 e. The number of carbonyl (C=O) groups excluding carboxylic acids is 1. The Morgan fingerprint density at radius 2 is 2.14 bits per heavy atom. The van der Waals surface area contributed by atoms with Gasteiger partial charge in [0.2, 0.25) is 0 Å². The lowest BCUT2D eigenvalue weighted by atomic mass is 10.1. The number of anilines is 1. The summed E-state index contributed by atoms with van der Waals surface area (Å²) in [6.07, 6.45) is 0.676. The van der Waals surface area contributed by atoms with E-state index in [1.54, 1.807) is 4.90 Å². The normalized spacial score (nSPS) is 18.4. The average Bonchev–Trinajstić information content (AvgIpc) is 2.87. The first-order valence-electron chi connectivity index (χ1n) is 7.72. The predicted molar refractivity (Wildman–Crippen MR) is 87.0 cm³/mol. The smallest absolute Gasteiger partial charge is 0.410 e. The zero-order valence-corrected chi connectivity index (χ0v) is 13.9. The van der Waals surface area contributed by atoms with Crippen molar-refractivity contribution in [1.82, 2.24) is 4.90 Å². The third kappa shape index (κ3) is 4.29. The lowest BCUT2D eigenvalue weighted by molar-refractivity contribution is 0.0285. The number of para-hydroxylation sites is 1. The molecule has 1 aliphatic rings. The Kier molecular flexibility index (Phi) is 4.84. The highest BCUT2D eigenvalue weighted by Crippen LogP contribution is 2.26. The van der Waals surface area contributed by atoms with E-state index >= 15 is 0 Å². The number of amides is 1. The van der Waals surface area contributed by atoms with Crippen LogP contribution in [0.2, 0.25) is 0 Å². The molecule has 1 aliphatic heterocycles. The van der Waals surface area contributed by atoms with Crippen LogP contribution in [-0.2, 0) is 4.74 Å². The number of aryl methyl sites for hydroxylation is 1. The average molecular weight is 306 g/mol. The molecule has 1 amide bonds. The van der Waals surface area contributed by atoms with Gasteiger partial charge in [-0.15, -0.1) is 0 Å². The molecule has 1 atom stereocenters. The number of ether oxygens (including phenoxy) is 2. The van der Waals surface area contributed by atoms with Crippen molar-refractivity contribution in [3.8, 4) is 5.75 Å². The van der Waals surface area contributed by atoms with Gasteiger partial charge in [0.25, 0.3) is 0 Å². The number of likely N-dealkylation sites (tertiary alicyclic amines) is 1. The molecule has 1 aromatic carbocycles. The Morgan fingerprint density at radius 3 is 2.82 bits per heavy atom. The van der Waals surface area contributed by atoms with E-state index in [0.717, 1.165) is 17.7 Å². The molecule has 5 heteroatoms. The molecule has 0 radical (unpaired) electrons. The van der Waals surface area contributed by atoms with E-state index in [1.165, 1.54) is 0 Å². The van der Waals surface area contributed by atoms with Crippen LogP contribution in [0.3, 0.4) is 0 Å². The highest BCUT2D eigenvalue weighted by atomic mass is 16.6. The molecule has 1 heterocycles. The van der Waals surface area contributed by atoms with E-state index < -0.39 is 5.60 Å². The minimum absolute atomic E-state index is 0.245. The second kappa shape index (κ2) is 6.46. The summed E-state index contributed by atoms with van der Waals surface area (Å²) in [5.41, 5.74) is 7.24. The lowest BCUT2D eigenvalue weighted by Gasteiger charge is -2.24. The summed E-state index contributed by atoms with van der Waals surface area (Å²) in [7, 11) is 0. The monoisotopic (exact) mass is 306 g/mol. The Balaban J connectivity index is 1.84. The molecule has 0 aliphatic carbocycles. The summed E-state index contributed by atoms with van der Waals surface area (Å²) in [6.45, 7) is 9.54. The van der Waals surface area contributed by atoms with E-state index in [1.807, 2.05) is 45.9 Å². The number of benzene rings is 1. The van der Waals surface area contributed by atoms with Crippen molar-refractivity contribution in [3.05, 3.63) is 23.8 Å². The molecular formula is C17H26N2O3. The van der Waals surface area contributed by atoms with Crippen molar-refractivity contribution in [1.29, 1.82) is 0 Å². The molecule has 0 aromatic heterocycles. The van der Waals surface area contributed by atoms with Gasteiger partial charge in [0.15, 0.2) is 0 Å². The molecule has 1 saturated heterocycles. The Bertz CT molecular complexity index is 537. The third-order valence-corrected chi connectivity index (χ3v) is 3.70. The van der Waals surface area contributed by atoms with Crippen LogP contribution in [0.4, 0.5) is 10.5 Å². The minimum atomic E-state index is -0.457. The second-order valence-electron chi connectivity index (χ2n) is 6.88. The van der Waals surface area contributed by atoms with Gasteiger partial charge in [-0.25, -0.2) is 4.79 Å². The first-order valence-corrected chi connectivity index (χ1v) is 7.72. The van der Waals surface area contributed by atoms with Crippen molar-refractivity contribution in [2.45, 2.75) is 39.7 Å². The van der Waals surface area contributed by atoms with Crippen LogP contribution >= 0.6 is 0 Å². The summed E-state index contributed by atoms with van der Waals surface area (Å²) in [5.74, 6) is 1.03. The zero-order valence-electron chi connectivity index (χ0n) is 13.9. The number of hydrogen-bond acceptors (Lipinski definition) is 4. The van der Waals surface area contributed by atoms with Crippen molar-refractivity contribution in [3.63, 3.8) is 0 Å². The van der Waals surface area contributed by atoms with Crippen LogP contribution in [-0.4, -0.2) is 36.3 Å². The SMILES string of the molecule is Cc1cccc(OCC2CCN(C(=O)OC(C)(C)C)C2)c1N. The zero-order chi connectivity index (χ0) is 16.3. The first kappa shape index (κ1) is 16.5. The molecule has 2 N–H and O–H groups in total. The fourth-order valence-corrected chi connectivity index (χ4v) is 2.45. The van der Waals surface area contributed by atoms with Crippen molar-refractivity contribution >= 4 is 11.8 Å². The molecule has 1 unspecified atom stereocenters. The van der Waals surface area contributed by atoms with E-state index in [-0.39, 0.29) is 6.09 Å². The molecule has 122 valence electrons. The topological polar surface area (TPSA) is 64.8 Å². The maximum absolute atomic E-state index is 12.0. The van der Waals surface area contributed by atoms with Gasteiger partial charge in [-0.05, 0) is 45.7 Å². The van der Waals surface area contributed by atoms with Crippen molar-refractivity contribution in [2.24, 2.45) is 5.92 Å². The highest BCUT2D eigenvalue weighted by Gasteiger charge is 2.30. The maximum atomic E-state index is 12.0. The second-order valence-corrected chi connectivity index (χ2v) is 6.88. The molecule has 0 saturated carbocycles. The number of carbonyl (C=O) groups is 1. The van der Waals surface area contributed by atoms with Gasteiger partial charge in [-0.1, -0.05) is 12.1 Å². The summed E-state index contributed by atoms with van der Waals surface area (Å²) in [4.78, 5) is 13.8. The van der Waals surface area contributed by atoms with Crippen LogP contribution in [0.5, 0.6) is 5.75 Å². The third-order valence-electron chi connectivity index (χ3n) is 3.70. The standard InChI is InChI=1S/C17H26N2O3/c1-12-6-5-7-14(15(12)18)21-11-13-8-9-19(10-13)16(20)22-17(2,3)4/h5-7,13H,8-11,18H2,1-4H3. The quantitative estimate of drug-likeness (QED) is 0.871.